The molecule has 1 saturated carbocycles. The SMILES string of the molecule is Cc1ccc(NC2CC(C)C2)cc1C(F)(F)F. The van der Waals surface area contributed by atoms with E-state index in [1.54, 1.807) is 6.07 Å². The summed E-state index contributed by atoms with van der Waals surface area (Å²) in [5.41, 5.74) is 0.291. The number of aryl methyl sites for hydroxylation is 1. The van der Waals surface area contributed by atoms with Crippen LogP contribution in [0.5, 0.6) is 0 Å². The lowest BCUT2D eigenvalue weighted by Gasteiger charge is -2.34. The molecule has 0 aromatic heterocycles. The van der Waals surface area contributed by atoms with Gasteiger partial charge in [0.25, 0.3) is 0 Å². The molecule has 2 rings (SSSR count). The summed E-state index contributed by atoms with van der Waals surface area (Å²) in [7, 11) is 0. The van der Waals surface area contributed by atoms with Crippen LogP contribution in [0.15, 0.2) is 18.2 Å². The van der Waals surface area contributed by atoms with Crippen molar-refractivity contribution < 1.29 is 13.2 Å². The van der Waals surface area contributed by atoms with Crippen LogP contribution >= 0.6 is 0 Å². The van der Waals surface area contributed by atoms with Gasteiger partial charge in [-0.25, -0.2) is 0 Å². The predicted octanol–water partition coefficient (Wildman–Crippen LogP) is 4.22. The largest absolute Gasteiger partial charge is 0.416 e. The van der Waals surface area contributed by atoms with Crippen molar-refractivity contribution in [3.8, 4) is 0 Å². The van der Waals surface area contributed by atoms with Crippen molar-refractivity contribution in [3.05, 3.63) is 29.3 Å². The van der Waals surface area contributed by atoms with Gasteiger partial charge in [-0.05, 0) is 43.4 Å². The topological polar surface area (TPSA) is 12.0 Å². The number of hydrogen-bond acceptors (Lipinski definition) is 1. The van der Waals surface area contributed by atoms with Gasteiger partial charge in [0.05, 0.1) is 5.56 Å². The van der Waals surface area contributed by atoms with Crippen molar-refractivity contribution in [3.63, 3.8) is 0 Å². The van der Waals surface area contributed by atoms with Gasteiger partial charge in [-0.15, -0.1) is 0 Å². The highest BCUT2D eigenvalue weighted by Crippen LogP contribution is 2.35. The highest BCUT2D eigenvalue weighted by molar-refractivity contribution is 5.50. The second-order valence-corrected chi connectivity index (χ2v) is 4.95. The molecule has 0 heterocycles. The fraction of sp³-hybridized carbons (Fsp3) is 0.538. The van der Waals surface area contributed by atoms with Crippen molar-refractivity contribution >= 4 is 5.69 Å². The van der Waals surface area contributed by atoms with E-state index in [9.17, 15) is 13.2 Å². The molecule has 0 amide bonds. The number of benzene rings is 1. The fourth-order valence-corrected chi connectivity index (χ4v) is 2.27. The highest BCUT2D eigenvalue weighted by atomic mass is 19.4. The summed E-state index contributed by atoms with van der Waals surface area (Å²) in [5.74, 6) is 0.681. The van der Waals surface area contributed by atoms with Crippen LogP contribution in [-0.4, -0.2) is 6.04 Å². The normalized spacial score (nSPS) is 24.3. The van der Waals surface area contributed by atoms with Crippen molar-refractivity contribution in [2.75, 3.05) is 5.32 Å². The van der Waals surface area contributed by atoms with Gasteiger partial charge in [-0.1, -0.05) is 13.0 Å². The molecule has 1 aliphatic carbocycles. The minimum absolute atomic E-state index is 0.269. The molecule has 0 bridgehead atoms. The minimum atomic E-state index is -4.27. The summed E-state index contributed by atoms with van der Waals surface area (Å²) in [5, 5.41) is 3.15. The number of halogens is 3. The molecular formula is C13H16F3N. The van der Waals surface area contributed by atoms with Gasteiger partial charge in [0, 0.05) is 11.7 Å². The van der Waals surface area contributed by atoms with Gasteiger partial charge in [0.15, 0.2) is 0 Å². The standard InChI is InChI=1S/C13H16F3N/c1-8-5-11(6-8)17-10-4-3-9(2)12(7-10)13(14,15)16/h3-4,7-8,11,17H,5-6H2,1-2H3. The van der Waals surface area contributed by atoms with E-state index in [0.717, 1.165) is 12.8 Å². The zero-order valence-electron chi connectivity index (χ0n) is 9.93. The fourth-order valence-electron chi connectivity index (χ4n) is 2.27. The van der Waals surface area contributed by atoms with Gasteiger partial charge >= 0.3 is 6.18 Å². The van der Waals surface area contributed by atoms with Crippen LogP contribution in [0.1, 0.15) is 30.9 Å². The van der Waals surface area contributed by atoms with E-state index in [-0.39, 0.29) is 5.56 Å². The average molecular weight is 243 g/mol. The monoisotopic (exact) mass is 243 g/mol. The summed E-state index contributed by atoms with van der Waals surface area (Å²) in [4.78, 5) is 0. The van der Waals surface area contributed by atoms with Crippen LogP contribution in [0, 0.1) is 12.8 Å². The molecule has 0 radical (unpaired) electrons. The highest BCUT2D eigenvalue weighted by Gasteiger charge is 2.33. The summed E-state index contributed by atoms with van der Waals surface area (Å²) < 4.78 is 38.1. The summed E-state index contributed by atoms with van der Waals surface area (Å²) in [6.07, 6.45) is -2.20. The Hall–Kier alpha value is -1.19. The Morgan fingerprint density at radius 3 is 2.41 bits per heavy atom. The molecule has 0 spiro atoms. The van der Waals surface area contributed by atoms with Gasteiger partial charge in [0.2, 0.25) is 0 Å². The molecule has 1 N–H and O–H groups in total. The Labute approximate surface area is 99.0 Å². The van der Waals surface area contributed by atoms with Crippen LogP contribution in [0.4, 0.5) is 18.9 Å². The smallest absolute Gasteiger partial charge is 0.382 e. The maximum atomic E-state index is 12.7. The van der Waals surface area contributed by atoms with Crippen molar-refractivity contribution in [2.24, 2.45) is 5.92 Å². The van der Waals surface area contributed by atoms with Crippen molar-refractivity contribution in [1.29, 1.82) is 0 Å². The van der Waals surface area contributed by atoms with Crippen LogP contribution in [0.25, 0.3) is 0 Å². The minimum Gasteiger partial charge on any atom is -0.382 e. The number of nitrogens with one attached hydrogen (secondary N) is 1. The average Bonchev–Trinajstić information content (AvgIpc) is 2.16. The Kier molecular flexibility index (Phi) is 3.06. The van der Waals surface area contributed by atoms with Crippen LogP contribution in [0.2, 0.25) is 0 Å². The van der Waals surface area contributed by atoms with Gasteiger partial charge in [-0.3, -0.25) is 0 Å². The molecule has 1 aromatic carbocycles. The third-order valence-corrected chi connectivity index (χ3v) is 3.29. The molecule has 4 heteroatoms. The molecule has 1 nitrogen and oxygen atoms in total. The zero-order valence-corrected chi connectivity index (χ0v) is 9.93. The van der Waals surface area contributed by atoms with E-state index in [1.165, 1.54) is 19.1 Å². The van der Waals surface area contributed by atoms with Gasteiger partial charge < -0.3 is 5.32 Å². The van der Waals surface area contributed by atoms with Crippen LogP contribution in [-0.2, 0) is 6.18 Å². The number of alkyl halides is 3. The van der Waals surface area contributed by atoms with E-state index in [0.29, 0.717) is 17.6 Å². The van der Waals surface area contributed by atoms with E-state index >= 15 is 0 Å². The number of anilines is 1. The molecule has 17 heavy (non-hydrogen) atoms. The summed E-state index contributed by atoms with van der Waals surface area (Å²) >= 11 is 0. The van der Waals surface area contributed by atoms with Gasteiger partial charge in [-0.2, -0.15) is 13.2 Å². The van der Waals surface area contributed by atoms with E-state index in [4.69, 9.17) is 0 Å². The molecule has 0 saturated heterocycles. The second kappa shape index (κ2) is 4.24. The van der Waals surface area contributed by atoms with E-state index < -0.39 is 11.7 Å². The van der Waals surface area contributed by atoms with Crippen LogP contribution < -0.4 is 5.32 Å². The first-order chi connectivity index (χ1) is 7.86. The Balaban J connectivity index is 2.14. The zero-order chi connectivity index (χ0) is 12.6. The third-order valence-electron chi connectivity index (χ3n) is 3.29. The molecule has 0 aliphatic heterocycles. The first-order valence-corrected chi connectivity index (χ1v) is 5.80. The molecule has 0 atom stereocenters. The number of hydrogen-bond donors (Lipinski definition) is 1. The lowest BCUT2D eigenvalue weighted by molar-refractivity contribution is -0.138. The Morgan fingerprint density at radius 1 is 1.24 bits per heavy atom. The molecule has 1 fully saturated rings. The lowest BCUT2D eigenvalue weighted by atomic mass is 9.82. The summed E-state index contributed by atoms with van der Waals surface area (Å²) in [6.45, 7) is 3.63. The number of rotatable bonds is 2. The molecule has 1 aliphatic rings. The van der Waals surface area contributed by atoms with Crippen molar-refractivity contribution in [1.82, 2.24) is 0 Å². The third kappa shape index (κ3) is 2.73. The van der Waals surface area contributed by atoms with Gasteiger partial charge in [0.1, 0.15) is 0 Å². The molecule has 94 valence electrons. The van der Waals surface area contributed by atoms with Crippen molar-refractivity contribution in [2.45, 2.75) is 38.9 Å². The maximum absolute atomic E-state index is 12.7. The summed E-state index contributed by atoms with van der Waals surface area (Å²) in [6, 6.07) is 4.77. The molecule has 0 unspecified atom stereocenters. The second-order valence-electron chi connectivity index (χ2n) is 4.95. The Morgan fingerprint density at radius 2 is 1.88 bits per heavy atom. The quantitative estimate of drug-likeness (QED) is 0.819. The first kappa shape index (κ1) is 12.3. The lowest BCUT2D eigenvalue weighted by Crippen LogP contribution is -2.33. The van der Waals surface area contributed by atoms with Crippen LogP contribution in [0.3, 0.4) is 0 Å². The Bertz CT molecular complexity index is 406. The molecule has 1 aromatic rings. The first-order valence-electron chi connectivity index (χ1n) is 5.80. The maximum Gasteiger partial charge on any atom is 0.416 e. The molecular weight excluding hydrogens is 227 g/mol. The predicted molar refractivity (Wildman–Crippen MR) is 62.0 cm³/mol. The van der Waals surface area contributed by atoms with E-state index in [2.05, 4.69) is 12.2 Å². The van der Waals surface area contributed by atoms with E-state index in [1.807, 2.05) is 0 Å².